The first-order valence-corrected chi connectivity index (χ1v) is 10.1. The Morgan fingerprint density at radius 1 is 1.04 bits per heavy atom. The molecule has 4 heterocycles. The molecule has 1 fully saturated rings. The summed E-state index contributed by atoms with van der Waals surface area (Å²) in [5.41, 5.74) is 0.996. The lowest BCUT2D eigenvalue weighted by atomic mass is 10.2. The first-order chi connectivity index (χ1) is 13.6. The van der Waals surface area contributed by atoms with Crippen LogP contribution in [0, 0.1) is 0 Å². The SMILES string of the molecule is CCCn1c(=O)c2[nH]c(-c3ccc(N4CCCC4)nc3)nc2n(CCC)c1=O. The van der Waals surface area contributed by atoms with Gasteiger partial charge in [-0.15, -0.1) is 0 Å². The molecule has 0 amide bonds. The molecule has 1 aliphatic rings. The standard InChI is InChI=1S/C20H26N6O2/c1-3-9-25-18-16(19(27)26(10-4-2)20(25)28)22-17(23-18)14-7-8-15(21-13-14)24-11-5-6-12-24/h7-8,13H,3-6,9-12H2,1-2H3,(H,22,23). The maximum absolute atomic E-state index is 12.8. The zero-order chi connectivity index (χ0) is 19.7. The predicted molar refractivity (Wildman–Crippen MR) is 110 cm³/mol. The second-order valence-electron chi connectivity index (χ2n) is 7.27. The number of pyridine rings is 1. The second kappa shape index (κ2) is 7.61. The smallest absolute Gasteiger partial charge is 0.332 e. The Balaban J connectivity index is 1.80. The van der Waals surface area contributed by atoms with Gasteiger partial charge in [-0.1, -0.05) is 13.8 Å². The largest absolute Gasteiger partial charge is 0.357 e. The molecule has 0 atom stereocenters. The lowest BCUT2D eigenvalue weighted by Gasteiger charge is -2.15. The average molecular weight is 382 g/mol. The fourth-order valence-electron chi connectivity index (χ4n) is 3.81. The van der Waals surface area contributed by atoms with Crippen molar-refractivity contribution in [2.24, 2.45) is 0 Å². The maximum Gasteiger partial charge on any atom is 0.332 e. The third-order valence-corrected chi connectivity index (χ3v) is 5.21. The van der Waals surface area contributed by atoms with E-state index in [0.29, 0.717) is 30.1 Å². The number of anilines is 1. The predicted octanol–water partition coefficient (Wildman–Crippen LogP) is 2.37. The average Bonchev–Trinajstić information content (AvgIpc) is 3.39. The lowest BCUT2D eigenvalue weighted by molar-refractivity contribution is 0.555. The van der Waals surface area contributed by atoms with Crippen LogP contribution in [0.2, 0.25) is 0 Å². The molecule has 1 aliphatic heterocycles. The van der Waals surface area contributed by atoms with E-state index in [9.17, 15) is 9.59 Å². The minimum Gasteiger partial charge on any atom is -0.357 e. The van der Waals surface area contributed by atoms with E-state index in [1.54, 1.807) is 10.8 Å². The fraction of sp³-hybridized carbons (Fsp3) is 0.500. The number of fused-ring (bicyclic) bond motifs is 1. The Hall–Kier alpha value is -2.90. The Labute approximate surface area is 162 Å². The van der Waals surface area contributed by atoms with Gasteiger partial charge in [0, 0.05) is 37.9 Å². The summed E-state index contributed by atoms with van der Waals surface area (Å²) in [6.45, 7) is 6.95. The number of nitrogens with one attached hydrogen (secondary N) is 1. The van der Waals surface area contributed by atoms with E-state index in [0.717, 1.165) is 37.3 Å². The van der Waals surface area contributed by atoms with Gasteiger partial charge < -0.3 is 9.88 Å². The number of aromatic amines is 1. The van der Waals surface area contributed by atoms with E-state index in [4.69, 9.17) is 0 Å². The van der Waals surface area contributed by atoms with Gasteiger partial charge >= 0.3 is 5.69 Å². The summed E-state index contributed by atoms with van der Waals surface area (Å²) in [4.78, 5) is 40.2. The van der Waals surface area contributed by atoms with Crippen molar-refractivity contribution in [3.8, 4) is 11.4 Å². The van der Waals surface area contributed by atoms with Gasteiger partial charge in [0.2, 0.25) is 0 Å². The van der Waals surface area contributed by atoms with Crippen LogP contribution in [-0.4, -0.2) is 37.2 Å². The van der Waals surface area contributed by atoms with E-state index >= 15 is 0 Å². The third kappa shape index (κ3) is 3.12. The molecule has 8 nitrogen and oxygen atoms in total. The normalized spacial score (nSPS) is 14.3. The summed E-state index contributed by atoms with van der Waals surface area (Å²) in [5, 5.41) is 0. The molecule has 0 radical (unpaired) electrons. The van der Waals surface area contributed by atoms with Crippen molar-refractivity contribution in [3.05, 3.63) is 39.2 Å². The monoisotopic (exact) mass is 382 g/mol. The zero-order valence-electron chi connectivity index (χ0n) is 16.4. The number of hydrogen-bond donors (Lipinski definition) is 1. The minimum atomic E-state index is -0.311. The van der Waals surface area contributed by atoms with Crippen LogP contribution in [0.15, 0.2) is 27.9 Å². The molecule has 28 heavy (non-hydrogen) atoms. The van der Waals surface area contributed by atoms with Gasteiger partial charge in [0.25, 0.3) is 5.56 Å². The lowest BCUT2D eigenvalue weighted by Crippen LogP contribution is -2.40. The zero-order valence-corrected chi connectivity index (χ0v) is 16.4. The summed E-state index contributed by atoms with van der Waals surface area (Å²) in [6.07, 6.45) is 5.68. The molecule has 0 bridgehead atoms. The van der Waals surface area contributed by atoms with Gasteiger partial charge in [0.15, 0.2) is 5.65 Å². The van der Waals surface area contributed by atoms with Crippen LogP contribution in [0.25, 0.3) is 22.6 Å². The molecule has 0 aliphatic carbocycles. The maximum atomic E-state index is 12.8. The van der Waals surface area contributed by atoms with Crippen molar-refractivity contribution in [1.29, 1.82) is 0 Å². The Bertz CT molecular complexity index is 1090. The first-order valence-electron chi connectivity index (χ1n) is 10.1. The number of aromatic nitrogens is 5. The molecule has 148 valence electrons. The minimum absolute atomic E-state index is 0.290. The van der Waals surface area contributed by atoms with Gasteiger partial charge in [-0.05, 0) is 37.8 Å². The number of hydrogen-bond acceptors (Lipinski definition) is 5. The molecular formula is C20H26N6O2. The summed E-state index contributed by atoms with van der Waals surface area (Å²) >= 11 is 0. The van der Waals surface area contributed by atoms with Crippen molar-refractivity contribution in [3.63, 3.8) is 0 Å². The molecule has 0 saturated carbocycles. The van der Waals surface area contributed by atoms with Crippen LogP contribution in [0.3, 0.4) is 0 Å². The highest BCUT2D eigenvalue weighted by Gasteiger charge is 2.18. The van der Waals surface area contributed by atoms with Gasteiger partial charge in [-0.3, -0.25) is 13.9 Å². The van der Waals surface area contributed by atoms with E-state index in [-0.39, 0.29) is 11.2 Å². The summed E-state index contributed by atoms with van der Waals surface area (Å²) < 4.78 is 2.90. The molecule has 8 heteroatoms. The molecule has 0 unspecified atom stereocenters. The molecule has 0 spiro atoms. The Morgan fingerprint density at radius 3 is 2.39 bits per heavy atom. The van der Waals surface area contributed by atoms with E-state index in [2.05, 4.69) is 19.9 Å². The van der Waals surface area contributed by atoms with Crippen molar-refractivity contribution >= 4 is 17.0 Å². The number of nitrogens with zero attached hydrogens (tertiary/aromatic N) is 5. The third-order valence-electron chi connectivity index (χ3n) is 5.21. The van der Waals surface area contributed by atoms with Crippen molar-refractivity contribution in [2.75, 3.05) is 18.0 Å². The molecule has 4 rings (SSSR count). The van der Waals surface area contributed by atoms with Crippen molar-refractivity contribution in [1.82, 2.24) is 24.1 Å². The van der Waals surface area contributed by atoms with Crippen molar-refractivity contribution < 1.29 is 0 Å². The topological polar surface area (TPSA) is 88.8 Å². The second-order valence-corrected chi connectivity index (χ2v) is 7.27. The molecule has 0 aromatic carbocycles. The van der Waals surface area contributed by atoms with Gasteiger partial charge in [0.1, 0.15) is 17.2 Å². The van der Waals surface area contributed by atoms with Gasteiger partial charge in [0.05, 0.1) is 0 Å². The highest BCUT2D eigenvalue weighted by atomic mass is 16.2. The quantitative estimate of drug-likeness (QED) is 0.707. The van der Waals surface area contributed by atoms with Crippen LogP contribution in [0.1, 0.15) is 39.5 Å². The van der Waals surface area contributed by atoms with Crippen LogP contribution in [0.5, 0.6) is 0 Å². The fourth-order valence-corrected chi connectivity index (χ4v) is 3.81. The number of H-pyrrole nitrogens is 1. The number of aryl methyl sites for hydroxylation is 1. The van der Waals surface area contributed by atoms with E-state index in [1.165, 1.54) is 17.4 Å². The highest BCUT2D eigenvalue weighted by Crippen LogP contribution is 2.22. The molecule has 1 N–H and O–H groups in total. The van der Waals surface area contributed by atoms with Crippen LogP contribution < -0.4 is 16.1 Å². The molecule has 3 aromatic rings. The van der Waals surface area contributed by atoms with E-state index in [1.807, 2.05) is 26.0 Å². The van der Waals surface area contributed by atoms with E-state index < -0.39 is 0 Å². The van der Waals surface area contributed by atoms with Crippen LogP contribution in [-0.2, 0) is 13.1 Å². The molecular weight excluding hydrogens is 356 g/mol. The van der Waals surface area contributed by atoms with Gasteiger partial charge in [-0.2, -0.15) is 0 Å². The summed E-state index contributed by atoms with van der Waals surface area (Å²) in [7, 11) is 0. The van der Waals surface area contributed by atoms with Crippen molar-refractivity contribution in [2.45, 2.75) is 52.6 Å². The molecule has 1 saturated heterocycles. The van der Waals surface area contributed by atoms with Crippen LogP contribution in [0.4, 0.5) is 5.82 Å². The summed E-state index contributed by atoms with van der Waals surface area (Å²) in [6, 6.07) is 3.95. The summed E-state index contributed by atoms with van der Waals surface area (Å²) in [5.74, 6) is 1.52. The number of rotatable bonds is 6. The Kier molecular flexibility index (Phi) is 5.02. The number of imidazole rings is 1. The van der Waals surface area contributed by atoms with Gasteiger partial charge in [-0.25, -0.2) is 14.8 Å². The molecule has 3 aromatic heterocycles. The highest BCUT2D eigenvalue weighted by molar-refractivity contribution is 5.75. The van der Waals surface area contributed by atoms with Crippen LogP contribution >= 0.6 is 0 Å². The first kappa shape index (κ1) is 18.5. The Morgan fingerprint density at radius 2 is 1.75 bits per heavy atom.